The standard InChI is InChI=1S/C19H25ClN4O4/c1-3-10-24-17(21)16(18(26)22-19(24)27)23(11-12-28-2)15(25)9-6-13-4-7-14(20)8-5-13/h4-5,7-8H,3,6,9-12,21H2,1-2H3,(H,22,26,27). The summed E-state index contributed by atoms with van der Waals surface area (Å²) in [7, 11) is 1.50. The van der Waals surface area contributed by atoms with Crippen molar-refractivity contribution in [3.05, 3.63) is 55.7 Å². The Kier molecular flexibility index (Phi) is 7.83. The molecule has 0 atom stereocenters. The highest BCUT2D eigenvalue weighted by atomic mass is 35.5. The molecule has 3 N–H and O–H groups in total. The summed E-state index contributed by atoms with van der Waals surface area (Å²) in [5.74, 6) is -0.308. The van der Waals surface area contributed by atoms with Crippen molar-refractivity contribution < 1.29 is 9.53 Å². The first-order valence-electron chi connectivity index (χ1n) is 9.05. The number of aromatic nitrogens is 2. The van der Waals surface area contributed by atoms with Gasteiger partial charge in [0.05, 0.1) is 6.61 Å². The topological polar surface area (TPSA) is 110 Å². The summed E-state index contributed by atoms with van der Waals surface area (Å²) in [4.78, 5) is 40.9. The second kappa shape index (κ2) is 10.1. The van der Waals surface area contributed by atoms with E-state index in [-0.39, 0.29) is 37.0 Å². The first kappa shape index (κ1) is 21.7. The maximum atomic E-state index is 12.9. The van der Waals surface area contributed by atoms with Crippen molar-refractivity contribution in [2.75, 3.05) is 30.9 Å². The molecule has 9 heteroatoms. The van der Waals surface area contributed by atoms with Crippen molar-refractivity contribution in [3.8, 4) is 0 Å². The minimum Gasteiger partial charge on any atom is -0.383 e. The largest absolute Gasteiger partial charge is 0.383 e. The summed E-state index contributed by atoms with van der Waals surface area (Å²) in [6, 6.07) is 7.20. The van der Waals surface area contributed by atoms with Gasteiger partial charge >= 0.3 is 5.69 Å². The molecule has 2 aromatic rings. The van der Waals surface area contributed by atoms with Gasteiger partial charge in [0.25, 0.3) is 5.56 Å². The number of carbonyl (C=O) groups excluding carboxylic acids is 1. The molecular formula is C19H25ClN4O4. The molecule has 0 unspecified atom stereocenters. The summed E-state index contributed by atoms with van der Waals surface area (Å²) >= 11 is 5.88. The Morgan fingerprint density at radius 3 is 2.57 bits per heavy atom. The number of H-pyrrole nitrogens is 1. The highest BCUT2D eigenvalue weighted by Gasteiger charge is 2.23. The van der Waals surface area contributed by atoms with E-state index in [0.29, 0.717) is 24.4 Å². The summed E-state index contributed by atoms with van der Waals surface area (Å²) in [6.45, 7) is 2.59. The van der Waals surface area contributed by atoms with E-state index in [0.717, 1.165) is 5.56 Å². The van der Waals surface area contributed by atoms with Crippen LogP contribution in [0.2, 0.25) is 5.02 Å². The number of aromatic amines is 1. The van der Waals surface area contributed by atoms with Gasteiger partial charge in [0.1, 0.15) is 5.82 Å². The number of nitrogens with two attached hydrogens (primary N) is 1. The fourth-order valence-electron chi connectivity index (χ4n) is 2.86. The van der Waals surface area contributed by atoms with E-state index in [1.807, 2.05) is 19.1 Å². The molecule has 1 amide bonds. The molecule has 152 valence electrons. The number of benzene rings is 1. The molecule has 0 saturated heterocycles. The molecule has 0 radical (unpaired) electrons. The highest BCUT2D eigenvalue weighted by Crippen LogP contribution is 2.19. The maximum absolute atomic E-state index is 12.9. The van der Waals surface area contributed by atoms with Crippen molar-refractivity contribution in [2.24, 2.45) is 0 Å². The van der Waals surface area contributed by atoms with Crippen LogP contribution in [0.4, 0.5) is 11.5 Å². The van der Waals surface area contributed by atoms with Crippen LogP contribution in [0.25, 0.3) is 0 Å². The Hall–Kier alpha value is -2.58. The number of ether oxygens (including phenoxy) is 1. The molecule has 1 heterocycles. The number of nitrogens with zero attached hydrogens (tertiary/aromatic N) is 2. The van der Waals surface area contributed by atoms with Gasteiger partial charge in [0.15, 0.2) is 5.69 Å². The van der Waals surface area contributed by atoms with Gasteiger partial charge in [0.2, 0.25) is 5.91 Å². The van der Waals surface area contributed by atoms with E-state index >= 15 is 0 Å². The monoisotopic (exact) mass is 408 g/mol. The lowest BCUT2D eigenvalue weighted by Gasteiger charge is -2.24. The molecule has 0 fully saturated rings. The van der Waals surface area contributed by atoms with Crippen LogP contribution in [-0.4, -0.2) is 35.7 Å². The summed E-state index contributed by atoms with van der Waals surface area (Å²) in [5.41, 5.74) is 5.75. The van der Waals surface area contributed by atoms with E-state index in [1.165, 1.54) is 16.6 Å². The SMILES string of the molecule is CCCn1c(N)c(N(CCOC)C(=O)CCc2ccc(Cl)cc2)c(=O)[nH]c1=O. The number of methoxy groups -OCH3 is 1. The lowest BCUT2D eigenvalue weighted by molar-refractivity contribution is -0.118. The minimum absolute atomic E-state index is 0.0217. The fraction of sp³-hybridized carbons (Fsp3) is 0.421. The van der Waals surface area contributed by atoms with Crippen LogP contribution in [0.5, 0.6) is 0 Å². The molecule has 8 nitrogen and oxygen atoms in total. The van der Waals surface area contributed by atoms with E-state index < -0.39 is 11.2 Å². The number of amides is 1. The number of carbonyl (C=O) groups is 1. The number of hydrogen-bond donors (Lipinski definition) is 2. The van der Waals surface area contributed by atoms with Gasteiger partial charge in [0, 0.05) is 31.6 Å². The van der Waals surface area contributed by atoms with Gasteiger partial charge in [-0.15, -0.1) is 0 Å². The lowest BCUT2D eigenvalue weighted by atomic mass is 10.1. The third-order valence-corrected chi connectivity index (χ3v) is 4.54. The predicted molar refractivity (Wildman–Crippen MR) is 110 cm³/mol. The van der Waals surface area contributed by atoms with Gasteiger partial charge in [-0.05, 0) is 30.5 Å². The van der Waals surface area contributed by atoms with Crippen LogP contribution < -0.4 is 21.9 Å². The molecule has 0 saturated carbocycles. The Balaban J connectivity index is 2.33. The molecule has 28 heavy (non-hydrogen) atoms. The van der Waals surface area contributed by atoms with Crippen LogP contribution in [-0.2, 0) is 22.5 Å². The number of nitrogens with one attached hydrogen (secondary N) is 1. The normalized spacial score (nSPS) is 10.8. The summed E-state index contributed by atoms with van der Waals surface area (Å²) < 4.78 is 6.34. The first-order chi connectivity index (χ1) is 13.4. The van der Waals surface area contributed by atoms with Crippen molar-refractivity contribution in [1.29, 1.82) is 0 Å². The second-order valence-corrected chi connectivity index (χ2v) is 6.75. The fourth-order valence-corrected chi connectivity index (χ4v) is 2.99. The zero-order valence-corrected chi connectivity index (χ0v) is 16.8. The van der Waals surface area contributed by atoms with Crippen molar-refractivity contribution in [2.45, 2.75) is 32.7 Å². The maximum Gasteiger partial charge on any atom is 0.330 e. The molecule has 2 rings (SSSR count). The lowest BCUT2D eigenvalue weighted by Crippen LogP contribution is -2.42. The Morgan fingerprint density at radius 1 is 1.29 bits per heavy atom. The number of aryl methyl sites for hydroxylation is 1. The van der Waals surface area contributed by atoms with Crippen LogP contribution >= 0.6 is 11.6 Å². The average molecular weight is 409 g/mol. The molecule has 0 aliphatic rings. The number of hydrogen-bond acceptors (Lipinski definition) is 5. The van der Waals surface area contributed by atoms with Gasteiger partial charge in [-0.1, -0.05) is 30.7 Å². The third-order valence-electron chi connectivity index (χ3n) is 4.29. The minimum atomic E-state index is -0.689. The number of anilines is 2. The quantitative estimate of drug-likeness (QED) is 0.657. The predicted octanol–water partition coefficient (Wildman–Crippen LogP) is 1.79. The smallest absolute Gasteiger partial charge is 0.330 e. The third kappa shape index (κ3) is 5.24. The highest BCUT2D eigenvalue weighted by molar-refractivity contribution is 6.30. The molecule has 0 aliphatic carbocycles. The Morgan fingerprint density at radius 2 is 1.96 bits per heavy atom. The van der Waals surface area contributed by atoms with Gasteiger partial charge in [-0.3, -0.25) is 19.1 Å². The Bertz CT molecular complexity index is 921. The van der Waals surface area contributed by atoms with Crippen LogP contribution in [0.3, 0.4) is 0 Å². The van der Waals surface area contributed by atoms with Gasteiger partial charge < -0.3 is 15.4 Å². The summed E-state index contributed by atoms with van der Waals surface area (Å²) in [6.07, 6.45) is 1.29. The van der Waals surface area contributed by atoms with Crippen molar-refractivity contribution in [1.82, 2.24) is 9.55 Å². The van der Waals surface area contributed by atoms with Gasteiger partial charge in [-0.25, -0.2) is 4.79 Å². The number of rotatable bonds is 9. The molecule has 0 spiro atoms. The zero-order valence-electron chi connectivity index (χ0n) is 16.0. The van der Waals surface area contributed by atoms with Crippen LogP contribution in [0.1, 0.15) is 25.3 Å². The van der Waals surface area contributed by atoms with Crippen molar-refractivity contribution in [3.63, 3.8) is 0 Å². The van der Waals surface area contributed by atoms with Crippen molar-refractivity contribution >= 4 is 29.0 Å². The zero-order chi connectivity index (χ0) is 20.7. The number of nitrogen functional groups attached to an aromatic ring is 1. The molecule has 1 aromatic carbocycles. The Labute approximate surface area is 167 Å². The first-order valence-corrected chi connectivity index (χ1v) is 9.43. The van der Waals surface area contributed by atoms with E-state index in [9.17, 15) is 14.4 Å². The summed E-state index contributed by atoms with van der Waals surface area (Å²) in [5, 5.41) is 0.620. The van der Waals surface area contributed by atoms with Crippen LogP contribution in [0.15, 0.2) is 33.9 Å². The van der Waals surface area contributed by atoms with Crippen LogP contribution in [0, 0.1) is 0 Å². The van der Waals surface area contributed by atoms with Gasteiger partial charge in [-0.2, -0.15) is 0 Å². The molecular weight excluding hydrogens is 384 g/mol. The van der Waals surface area contributed by atoms with E-state index in [2.05, 4.69) is 4.98 Å². The second-order valence-electron chi connectivity index (χ2n) is 6.31. The molecule has 0 aliphatic heterocycles. The van der Waals surface area contributed by atoms with E-state index in [1.54, 1.807) is 12.1 Å². The average Bonchev–Trinajstić information content (AvgIpc) is 2.66. The molecule has 1 aromatic heterocycles. The number of halogens is 1. The molecule has 0 bridgehead atoms. The van der Waals surface area contributed by atoms with E-state index in [4.69, 9.17) is 22.1 Å².